The van der Waals surface area contributed by atoms with E-state index in [2.05, 4.69) is 16.0 Å². The van der Waals surface area contributed by atoms with E-state index in [9.17, 15) is 24.0 Å². The molecule has 0 aliphatic rings. The number of hydrogen-bond acceptors (Lipinski definition) is 7. The molecule has 0 radical (unpaired) electrons. The first-order valence-corrected chi connectivity index (χ1v) is 7.68. The van der Waals surface area contributed by atoms with Crippen LogP contribution in [0.2, 0.25) is 0 Å². The van der Waals surface area contributed by atoms with Crippen LogP contribution in [-0.4, -0.2) is 76.3 Å². The molecule has 0 heterocycles. The summed E-state index contributed by atoms with van der Waals surface area (Å²) in [6, 6.07) is -4.04. The summed E-state index contributed by atoms with van der Waals surface area (Å²) >= 11 is 0. The molecular weight excluding hydrogens is 352 g/mol. The van der Waals surface area contributed by atoms with Crippen molar-refractivity contribution in [3.63, 3.8) is 0 Å². The topological polar surface area (TPSA) is 208 Å². The smallest absolute Gasteiger partial charge is 0.326 e. The lowest BCUT2D eigenvalue weighted by atomic mass is 10.0. The molecule has 3 amide bonds. The summed E-state index contributed by atoms with van der Waals surface area (Å²) in [6.45, 7) is 1.85. The Morgan fingerprint density at radius 3 is 2.00 bits per heavy atom. The fourth-order valence-electron chi connectivity index (χ4n) is 1.78. The highest BCUT2D eigenvalue weighted by Gasteiger charge is 2.29. The lowest BCUT2D eigenvalue weighted by Crippen LogP contribution is -2.55. The lowest BCUT2D eigenvalue weighted by Gasteiger charge is -2.22. The van der Waals surface area contributed by atoms with Crippen molar-refractivity contribution in [1.29, 1.82) is 0 Å². The van der Waals surface area contributed by atoms with Crippen molar-refractivity contribution in [2.75, 3.05) is 13.2 Å². The number of carbonyl (C=O) groups excluding carboxylic acids is 3. The van der Waals surface area contributed by atoms with E-state index >= 15 is 0 Å². The van der Waals surface area contributed by atoms with Gasteiger partial charge in [0.2, 0.25) is 17.7 Å². The molecule has 0 aromatic heterocycles. The number of carboxylic acid groups (broad SMARTS) is 2. The molecule has 0 rings (SSSR count). The van der Waals surface area contributed by atoms with Crippen LogP contribution < -0.4 is 21.7 Å². The number of nitrogens with two attached hydrogens (primary N) is 1. The van der Waals surface area contributed by atoms with E-state index in [0.717, 1.165) is 0 Å². The average molecular weight is 376 g/mol. The molecule has 26 heavy (non-hydrogen) atoms. The minimum atomic E-state index is -1.54. The molecule has 148 valence electrons. The number of aliphatic carboxylic acids is 2. The van der Waals surface area contributed by atoms with Crippen molar-refractivity contribution < 1.29 is 39.3 Å². The van der Waals surface area contributed by atoms with Gasteiger partial charge in [-0.15, -0.1) is 0 Å². The van der Waals surface area contributed by atoms with Crippen LogP contribution in [0.15, 0.2) is 0 Å². The number of carbonyl (C=O) groups is 5. The van der Waals surface area contributed by atoms with Gasteiger partial charge in [0.15, 0.2) is 0 Å². The number of amides is 3. The number of rotatable bonds is 11. The summed E-state index contributed by atoms with van der Waals surface area (Å²) in [5.74, 6) is -5.86. The Kier molecular flexibility index (Phi) is 9.84. The minimum absolute atomic E-state index is 0.475. The molecule has 12 heteroatoms. The van der Waals surface area contributed by atoms with Gasteiger partial charge in [0.25, 0.3) is 0 Å². The maximum absolute atomic E-state index is 12.1. The minimum Gasteiger partial charge on any atom is -0.481 e. The highest BCUT2D eigenvalue weighted by Crippen LogP contribution is 2.03. The Labute approximate surface area is 149 Å². The number of nitrogens with one attached hydrogen (secondary N) is 3. The van der Waals surface area contributed by atoms with Crippen molar-refractivity contribution >= 4 is 29.7 Å². The van der Waals surface area contributed by atoms with Crippen LogP contribution in [-0.2, 0) is 24.0 Å². The van der Waals surface area contributed by atoms with E-state index < -0.39 is 73.3 Å². The zero-order chi connectivity index (χ0) is 20.4. The summed E-state index contributed by atoms with van der Waals surface area (Å²) in [5.41, 5.74) is 5.24. The Balaban J connectivity index is 4.90. The second kappa shape index (κ2) is 11.0. The van der Waals surface area contributed by atoms with Crippen molar-refractivity contribution in [3.05, 3.63) is 0 Å². The van der Waals surface area contributed by atoms with Gasteiger partial charge < -0.3 is 37.0 Å². The molecule has 12 nitrogen and oxygen atoms in total. The van der Waals surface area contributed by atoms with Crippen LogP contribution in [0.5, 0.6) is 0 Å². The maximum Gasteiger partial charge on any atom is 0.326 e. The third-order valence-electron chi connectivity index (χ3n) is 3.22. The van der Waals surface area contributed by atoms with Crippen molar-refractivity contribution in [3.8, 4) is 0 Å². The fourth-order valence-corrected chi connectivity index (χ4v) is 1.78. The first-order valence-electron chi connectivity index (χ1n) is 7.68. The molecule has 0 aliphatic heterocycles. The van der Waals surface area contributed by atoms with Gasteiger partial charge in [0.05, 0.1) is 19.6 Å². The van der Waals surface area contributed by atoms with Gasteiger partial charge in [0, 0.05) is 0 Å². The van der Waals surface area contributed by atoms with Crippen LogP contribution in [0.3, 0.4) is 0 Å². The van der Waals surface area contributed by atoms with E-state index in [-0.39, 0.29) is 0 Å². The van der Waals surface area contributed by atoms with Gasteiger partial charge in [-0.1, -0.05) is 13.8 Å². The summed E-state index contributed by atoms with van der Waals surface area (Å²) < 4.78 is 0. The van der Waals surface area contributed by atoms with Gasteiger partial charge >= 0.3 is 11.9 Å². The van der Waals surface area contributed by atoms with Gasteiger partial charge in [-0.3, -0.25) is 19.2 Å². The van der Waals surface area contributed by atoms with Crippen molar-refractivity contribution in [2.45, 2.75) is 38.4 Å². The largest absolute Gasteiger partial charge is 0.481 e. The molecule has 0 spiro atoms. The van der Waals surface area contributed by atoms with Crippen LogP contribution >= 0.6 is 0 Å². The molecule has 0 aliphatic carbocycles. The third-order valence-corrected chi connectivity index (χ3v) is 3.22. The third kappa shape index (κ3) is 8.39. The van der Waals surface area contributed by atoms with E-state index in [1.165, 1.54) is 0 Å². The quantitative estimate of drug-likeness (QED) is 0.191. The Hall–Kier alpha value is -2.73. The predicted octanol–water partition coefficient (Wildman–Crippen LogP) is -3.39. The maximum atomic E-state index is 12.1. The zero-order valence-electron chi connectivity index (χ0n) is 14.4. The molecule has 3 atom stereocenters. The Morgan fingerprint density at radius 2 is 1.58 bits per heavy atom. The number of hydrogen-bond donors (Lipinski definition) is 7. The number of aliphatic hydroxyl groups excluding tert-OH is 1. The van der Waals surface area contributed by atoms with Crippen LogP contribution in [0.1, 0.15) is 20.3 Å². The van der Waals surface area contributed by atoms with Gasteiger partial charge in [-0.2, -0.15) is 0 Å². The molecule has 3 unspecified atom stereocenters. The summed E-state index contributed by atoms with van der Waals surface area (Å²) in [6.07, 6.45) is -0.786. The average Bonchev–Trinajstić information content (AvgIpc) is 2.54. The predicted molar refractivity (Wildman–Crippen MR) is 86.7 cm³/mol. The summed E-state index contributed by atoms with van der Waals surface area (Å²) in [7, 11) is 0. The monoisotopic (exact) mass is 376 g/mol. The van der Waals surface area contributed by atoms with Crippen molar-refractivity contribution in [1.82, 2.24) is 16.0 Å². The fraction of sp³-hybridized carbons (Fsp3) is 0.643. The summed E-state index contributed by atoms with van der Waals surface area (Å²) in [4.78, 5) is 57.3. The van der Waals surface area contributed by atoms with E-state index in [4.69, 9.17) is 21.1 Å². The Morgan fingerprint density at radius 1 is 1.00 bits per heavy atom. The number of carboxylic acids is 2. The van der Waals surface area contributed by atoms with Crippen LogP contribution in [0.25, 0.3) is 0 Å². The van der Waals surface area contributed by atoms with Gasteiger partial charge in [-0.25, -0.2) is 4.79 Å². The van der Waals surface area contributed by atoms with Gasteiger partial charge in [0.1, 0.15) is 18.1 Å². The highest BCUT2D eigenvalue weighted by molar-refractivity contribution is 5.94. The van der Waals surface area contributed by atoms with Crippen LogP contribution in [0, 0.1) is 5.92 Å². The molecular formula is C14H24N4O8. The second-order valence-electron chi connectivity index (χ2n) is 5.79. The second-order valence-corrected chi connectivity index (χ2v) is 5.79. The van der Waals surface area contributed by atoms with E-state index in [0.29, 0.717) is 0 Å². The molecule has 0 aromatic rings. The van der Waals surface area contributed by atoms with Gasteiger partial charge in [-0.05, 0) is 5.92 Å². The number of aliphatic hydroxyl groups is 1. The first kappa shape index (κ1) is 23.3. The zero-order valence-corrected chi connectivity index (χ0v) is 14.4. The normalized spacial score (nSPS) is 14.0. The van der Waals surface area contributed by atoms with Crippen LogP contribution in [0.4, 0.5) is 0 Å². The van der Waals surface area contributed by atoms with E-state index in [1.807, 2.05) is 0 Å². The molecule has 0 saturated carbocycles. The lowest BCUT2D eigenvalue weighted by molar-refractivity contribution is -0.144. The van der Waals surface area contributed by atoms with Crippen molar-refractivity contribution in [2.24, 2.45) is 11.7 Å². The Bertz CT molecular complexity index is 551. The molecule has 8 N–H and O–H groups in total. The molecule has 0 fully saturated rings. The molecule has 0 aromatic carbocycles. The SMILES string of the molecule is CC(C)C(NC(=O)C(CC(=O)O)NC(=O)CNC(=O)C(N)CO)C(=O)O. The summed E-state index contributed by atoms with van der Waals surface area (Å²) in [5, 5.41) is 33.0. The molecule has 0 bridgehead atoms. The first-order chi connectivity index (χ1) is 12.0. The standard InChI is InChI=1S/C14H24N4O8/c1-6(2)11(14(25)26)18-13(24)8(3-10(21)22)17-9(20)4-16-12(23)7(15)5-19/h6-8,11,19H,3-5,15H2,1-2H3,(H,16,23)(H,17,20)(H,18,24)(H,21,22)(H,25,26). The van der Waals surface area contributed by atoms with E-state index in [1.54, 1.807) is 13.8 Å². The molecule has 0 saturated heterocycles. The highest BCUT2D eigenvalue weighted by atomic mass is 16.4.